The molecule has 90 valence electrons. The minimum Gasteiger partial charge on any atom is -0.480 e. The molecular formula is C11H18N2O3. The van der Waals surface area contributed by atoms with Crippen molar-refractivity contribution >= 4 is 12.0 Å². The van der Waals surface area contributed by atoms with Gasteiger partial charge >= 0.3 is 12.0 Å². The Morgan fingerprint density at radius 2 is 2.12 bits per heavy atom. The summed E-state index contributed by atoms with van der Waals surface area (Å²) in [4.78, 5) is 22.0. The van der Waals surface area contributed by atoms with Gasteiger partial charge in [-0.3, -0.25) is 0 Å². The van der Waals surface area contributed by atoms with Crippen LogP contribution in [0.5, 0.6) is 0 Å². The van der Waals surface area contributed by atoms with Crippen LogP contribution in [0, 0.1) is 11.8 Å². The van der Waals surface area contributed by atoms with E-state index < -0.39 is 18.0 Å². The lowest BCUT2D eigenvalue weighted by Crippen LogP contribution is -2.46. The Bertz CT molecular complexity index is 291. The maximum atomic E-state index is 11.3. The van der Waals surface area contributed by atoms with E-state index in [4.69, 9.17) is 5.11 Å². The van der Waals surface area contributed by atoms with Crippen molar-refractivity contribution in [3.63, 3.8) is 0 Å². The largest absolute Gasteiger partial charge is 0.480 e. The molecule has 0 aromatic carbocycles. The first-order valence-corrected chi connectivity index (χ1v) is 5.28. The zero-order valence-corrected chi connectivity index (χ0v) is 9.67. The third-order valence-electron chi connectivity index (χ3n) is 1.89. The molecule has 0 radical (unpaired) electrons. The highest BCUT2D eigenvalue weighted by atomic mass is 16.4. The second-order valence-corrected chi connectivity index (χ2v) is 3.26. The molecule has 0 saturated heterocycles. The summed E-state index contributed by atoms with van der Waals surface area (Å²) in [5.74, 6) is 4.49. The average molecular weight is 226 g/mol. The molecule has 0 bridgehead atoms. The number of nitrogens with one attached hydrogen (secondary N) is 2. The van der Waals surface area contributed by atoms with Gasteiger partial charge < -0.3 is 15.7 Å². The molecule has 2 amide bonds. The fraction of sp³-hybridized carbons (Fsp3) is 0.636. The van der Waals surface area contributed by atoms with Gasteiger partial charge in [0, 0.05) is 13.0 Å². The Kier molecular flexibility index (Phi) is 7.68. The van der Waals surface area contributed by atoms with Gasteiger partial charge in [-0.2, -0.15) is 0 Å². The molecule has 0 heterocycles. The van der Waals surface area contributed by atoms with Crippen molar-refractivity contribution in [3.05, 3.63) is 0 Å². The van der Waals surface area contributed by atoms with Gasteiger partial charge in [-0.1, -0.05) is 13.3 Å². The molecular weight excluding hydrogens is 208 g/mol. The molecule has 0 aromatic rings. The second kappa shape index (κ2) is 8.60. The van der Waals surface area contributed by atoms with E-state index in [1.807, 2.05) is 6.92 Å². The molecule has 0 spiro atoms. The predicted octanol–water partition coefficient (Wildman–Crippen LogP) is 0.952. The van der Waals surface area contributed by atoms with Crippen LogP contribution in [0.4, 0.5) is 4.79 Å². The molecule has 5 heteroatoms. The zero-order chi connectivity index (χ0) is 12.4. The number of carboxylic acid groups (broad SMARTS) is 1. The standard InChI is InChI=1S/C11H18N2O3/c1-3-5-6-8-12-11(16)13-9(7-4-2)10(14)15/h9H,4,6-8H2,1-2H3,(H,14,15)(H2,12,13,16)/t9-/m1/s1. The van der Waals surface area contributed by atoms with Crippen molar-refractivity contribution in [2.75, 3.05) is 6.54 Å². The topological polar surface area (TPSA) is 78.4 Å². The Morgan fingerprint density at radius 1 is 1.44 bits per heavy atom. The monoisotopic (exact) mass is 226 g/mol. The van der Waals surface area contributed by atoms with Crippen molar-refractivity contribution in [2.45, 2.75) is 39.2 Å². The van der Waals surface area contributed by atoms with Gasteiger partial charge in [0.15, 0.2) is 0 Å². The fourth-order valence-electron chi connectivity index (χ4n) is 1.12. The number of hydrogen-bond acceptors (Lipinski definition) is 2. The summed E-state index contributed by atoms with van der Waals surface area (Å²) in [6.07, 6.45) is 1.70. The Balaban J connectivity index is 3.89. The summed E-state index contributed by atoms with van der Waals surface area (Å²) < 4.78 is 0. The van der Waals surface area contributed by atoms with E-state index in [-0.39, 0.29) is 0 Å². The SMILES string of the molecule is CC#CCCNC(=O)N[C@H](CCC)C(=O)O. The van der Waals surface area contributed by atoms with Crippen LogP contribution in [-0.2, 0) is 4.79 Å². The minimum absolute atomic E-state index is 0.422. The van der Waals surface area contributed by atoms with Crippen LogP contribution >= 0.6 is 0 Å². The molecule has 0 rings (SSSR count). The van der Waals surface area contributed by atoms with Crippen molar-refractivity contribution < 1.29 is 14.7 Å². The highest BCUT2D eigenvalue weighted by Gasteiger charge is 2.17. The summed E-state index contributed by atoms with van der Waals surface area (Å²) in [6, 6.07) is -1.28. The van der Waals surface area contributed by atoms with Gasteiger partial charge in [0.2, 0.25) is 0 Å². The number of carboxylic acids is 1. The van der Waals surface area contributed by atoms with Gasteiger partial charge in [0.1, 0.15) is 6.04 Å². The van der Waals surface area contributed by atoms with Crippen molar-refractivity contribution in [2.24, 2.45) is 0 Å². The molecule has 0 aliphatic carbocycles. The molecule has 0 saturated carbocycles. The Hall–Kier alpha value is -1.70. The lowest BCUT2D eigenvalue weighted by Gasteiger charge is -2.13. The minimum atomic E-state index is -1.01. The fourth-order valence-corrected chi connectivity index (χ4v) is 1.12. The summed E-state index contributed by atoms with van der Waals surface area (Å²) in [5.41, 5.74) is 0. The number of hydrogen-bond donors (Lipinski definition) is 3. The summed E-state index contributed by atoms with van der Waals surface area (Å²) >= 11 is 0. The average Bonchev–Trinajstić information content (AvgIpc) is 2.23. The molecule has 0 aliphatic heterocycles. The molecule has 5 nitrogen and oxygen atoms in total. The van der Waals surface area contributed by atoms with Gasteiger partial charge in [0.05, 0.1) is 0 Å². The molecule has 0 aromatic heterocycles. The Morgan fingerprint density at radius 3 is 2.62 bits per heavy atom. The molecule has 0 aliphatic rings. The first-order valence-electron chi connectivity index (χ1n) is 5.28. The zero-order valence-electron chi connectivity index (χ0n) is 9.67. The highest BCUT2D eigenvalue weighted by Crippen LogP contribution is 1.96. The van der Waals surface area contributed by atoms with E-state index in [0.717, 1.165) is 0 Å². The van der Waals surface area contributed by atoms with E-state index in [9.17, 15) is 9.59 Å². The number of amides is 2. The molecule has 3 N–H and O–H groups in total. The van der Waals surface area contributed by atoms with Crippen LogP contribution in [0.15, 0.2) is 0 Å². The van der Waals surface area contributed by atoms with Gasteiger partial charge in [-0.15, -0.1) is 11.8 Å². The number of aliphatic carboxylic acids is 1. The lowest BCUT2D eigenvalue weighted by atomic mass is 10.2. The van der Waals surface area contributed by atoms with E-state index in [1.165, 1.54) is 0 Å². The maximum absolute atomic E-state index is 11.3. The first kappa shape index (κ1) is 14.3. The summed E-state index contributed by atoms with van der Waals surface area (Å²) in [7, 11) is 0. The molecule has 1 atom stereocenters. The lowest BCUT2D eigenvalue weighted by molar-refractivity contribution is -0.139. The van der Waals surface area contributed by atoms with Crippen molar-refractivity contribution in [1.82, 2.24) is 10.6 Å². The molecule has 0 fully saturated rings. The van der Waals surface area contributed by atoms with Crippen molar-refractivity contribution in [3.8, 4) is 11.8 Å². The third kappa shape index (κ3) is 6.71. The predicted molar refractivity (Wildman–Crippen MR) is 60.9 cm³/mol. The van der Waals surface area contributed by atoms with Crippen LogP contribution in [0.25, 0.3) is 0 Å². The smallest absolute Gasteiger partial charge is 0.326 e. The van der Waals surface area contributed by atoms with Crippen LogP contribution in [0.2, 0.25) is 0 Å². The van der Waals surface area contributed by atoms with E-state index >= 15 is 0 Å². The van der Waals surface area contributed by atoms with E-state index in [1.54, 1.807) is 6.92 Å². The number of rotatable bonds is 6. The third-order valence-corrected chi connectivity index (χ3v) is 1.89. The summed E-state index contributed by atoms with van der Waals surface area (Å²) in [6.45, 7) is 4.01. The number of carbonyl (C=O) groups excluding carboxylic acids is 1. The molecule has 16 heavy (non-hydrogen) atoms. The van der Waals surface area contributed by atoms with Crippen molar-refractivity contribution in [1.29, 1.82) is 0 Å². The van der Waals surface area contributed by atoms with Crippen LogP contribution in [0.1, 0.15) is 33.1 Å². The maximum Gasteiger partial charge on any atom is 0.326 e. The highest BCUT2D eigenvalue weighted by molar-refractivity contribution is 5.82. The van der Waals surface area contributed by atoms with Crippen LogP contribution < -0.4 is 10.6 Å². The summed E-state index contributed by atoms with van der Waals surface area (Å²) in [5, 5.41) is 13.7. The van der Waals surface area contributed by atoms with E-state index in [2.05, 4.69) is 22.5 Å². The number of urea groups is 1. The second-order valence-electron chi connectivity index (χ2n) is 3.26. The normalized spacial score (nSPS) is 10.9. The van der Waals surface area contributed by atoms with Gasteiger partial charge in [-0.25, -0.2) is 9.59 Å². The molecule has 0 unspecified atom stereocenters. The van der Waals surface area contributed by atoms with Gasteiger partial charge in [-0.05, 0) is 13.3 Å². The van der Waals surface area contributed by atoms with Crippen LogP contribution in [0.3, 0.4) is 0 Å². The van der Waals surface area contributed by atoms with Gasteiger partial charge in [0.25, 0.3) is 0 Å². The first-order chi connectivity index (χ1) is 7.61. The van der Waals surface area contributed by atoms with E-state index in [0.29, 0.717) is 25.8 Å². The Labute approximate surface area is 95.6 Å². The van der Waals surface area contributed by atoms with Crippen LogP contribution in [-0.4, -0.2) is 29.7 Å². The quantitative estimate of drug-likeness (QED) is 0.466. The number of carbonyl (C=O) groups is 2.